The first-order valence-corrected chi connectivity index (χ1v) is 10.6. The summed E-state index contributed by atoms with van der Waals surface area (Å²) in [6, 6.07) is 0.353. The van der Waals surface area contributed by atoms with Gasteiger partial charge < -0.3 is 4.74 Å². The Morgan fingerprint density at radius 2 is 1.74 bits per heavy atom. The summed E-state index contributed by atoms with van der Waals surface area (Å²) in [5.41, 5.74) is -2.04. The van der Waals surface area contributed by atoms with E-state index in [1.807, 2.05) is 6.92 Å². The average molecular weight is 490 g/mol. The number of hydrogen-bond donors (Lipinski definition) is 0. The van der Waals surface area contributed by atoms with E-state index >= 15 is 0 Å². The van der Waals surface area contributed by atoms with Gasteiger partial charge in [0.2, 0.25) is 0 Å². The predicted molar refractivity (Wildman–Crippen MR) is 113 cm³/mol. The number of aromatic nitrogens is 2. The first kappa shape index (κ1) is 25.6. The second kappa shape index (κ2) is 9.30. The zero-order valence-electron chi connectivity index (χ0n) is 19.0. The van der Waals surface area contributed by atoms with Crippen molar-refractivity contribution in [1.82, 2.24) is 9.78 Å². The molecule has 1 aliphatic rings. The van der Waals surface area contributed by atoms with Crippen molar-refractivity contribution in [3.8, 4) is 0 Å². The third-order valence-electron chi connectivity index (χ3n) is 5.61. The molecule has 186 valence electrons. The van der Waals surface area contributed by atoms with Crippen molar-refractivity contribution >= 4 is 18.1 Å². The quantitative estimate of drug-likeness (QED) is 0.386. The lowest BCUT2D eigenvalue weighted by atomic mass is 9.92. The fourth-order valence-electron chi connectivity index (χ4n) is 4.13. The maximum absolute atomic E-state index is 13.2. The van der Waals surface area contributed by atoms with E-state index in [1.165, 1.54) is 9.58 Å². The summed E-state index contributed by atoms with van der Waals surface area (Å²) in [5, 5.41) is 4.35. The van der Waals surface area contributed by atoms with Crippen molar-refractivity contribution in [2.45, 2.75) is 58.0 Å². The summed E-state index contributed by atoms with van der Waals surface area (Å²) >= 11 is 0. The maximum Gasteiger partial charge on any atom is 0.416 e. The minimum absolute atomic E-state index is 0.0751. The van der Waals surface area contributed by atoms with Crippen LogP contribution in [0, 0.1) is 6.92 Å². The monoisotopic (exact) mass is 490 g/mol. The van der Waals surface area contributed by atoms with Crippen LogP contribution in [-0.2, 0) is 24.1 Å². The number of aryl methyl sites for hydroxylation is 2. The predicted octanol–water partition coefficient (Wildman–Crippen LogP) is 6.07. The molecule has 0 fully saturated rings. The summed E-state index contributed by atoms with van der Waals surface area (Å²) in [5.74, 6) is 0.441. The number of carbonyl (C=O) groups is 1. The third-order valence-corrected chi connectivity index (χ3v) is 5.61. The van der Waals surface area contributed by atoms with Crippen LogP contribution in [0.5, 0.6) is 0 Å². The van der Waals surface area contributed by atoms with Crippen LogP contribution < -0.4 is 4.90 Å². The number of hydrogen-bond acceptors (Lipinski definition) is 4. The molecule has 0 bridgehead atoms. The van der Waals surface area contributed by atoms with Crippen molar-refractivity contribution in [3.05, 3.63) is 46.1 Å². The van der Waals surface area contributed by atoms with E-state index in [0.29, 0.717) is 42.0 Å². The first-order valence-electron chi connectivity index (χ1n) is 10.6. The number of ether oxygens (including phenoxy) is 1. The van der Waals surface area contributed by atoms with Crippen molar-refractivity contribution in [1.29, 1.82) is 0 Å². The van der Waals surface area contributed by atoms with Crippen molar-refractivity contribution in [2.75, 3.05) is 11.5 Å². The second-order valence-corrected chi connectivity index (χ2v) is 7.95. The van der Waals surface area contributed by atoms with Crippen LogP contribution in [0.4, 0.5) is 37.0 Å². The topological polar surface area (TPSA) is 59.7 Å². The SMILES string of the molecule is CCOC(=O)N1c2c(c(C)nn2C)C(N=Cc2cc(C(F)(F)F)cc(C(F)(F)F)c2)CC1CC. The molecule has 2 aromatic rings. The number of alkyl halides is 6. The average Bonchev–Trinajstić information content (AvgIpc) is 3.04. The lowest BCUT2D eigenvalue weighted by Gasteiger charge is -2.37. The molecule has 2 atom stereocenters. The minimum atomic E-state index is -4.95. The molecular formula is C22H24F6N4O2. The molecule has 6 nitrogen and oxygen atoms in total. The second-order valence-electron chi connectivity index (χ2n) is 7.95. The van der Waals surface area contributed by atoms with Gasteiger partial charge >= 0.3 is 18.4 Å². The van der Waals surface area contributed by atoms with Gasteiger partial charge in [-0.2, -0.15) is 31.4 Å². The van der Waals surface area contributed by atoms with Gasteiger partial charge in [0, 0.05) is 24.9 Å². The molecule has 34 heavy (non-hydrogen) atoms. The highest BCUT2D eigenvalue weighted by Crippen LogP contribution is 2.42. The van der Waals surface area contributed by atoms with Crippen LogP contribution in [0.15, 0.2) is 23.2 Å². The summed E-state index contributed by atoms with van der Waals surface area (Å²) in [4.78, 5) is 18.5. The van der Waals surface area contributed by atoms with Crippen LogP contribution in [0.2, 0.25) is 0 Å². The number of benzene rings is 1. The van der Waals surface area contributed by atoms with E-state index in [9.17, 15) is 31.1 Å². The Kier molecular flexibility index (Phi) is 6.99. The van der Waals surface area contributed by atoms with Gasteiger partial charge in [-0.05, 0) is 50.5 Å². The lowest BCUT2D eigenvalue weighted by Crippen LogP contribution is -2.45. The minimum Gasteiger partial charge on any atom is -0.449 e. The highest BCUT2D eigenvalue weighted by Gasteiger charge is 2.40. The van der Waals surface area contributed by atoms with E-state index in [0.717, 1.165) is 6.21 Å². The maximum atomic E-state index is 13.2. The number of rotatable bonds is 4. The molecule has 0 radical (unpaired) electrons. The zero-order valence-corrected chi connectivity index (χ0v) is 19.0. The van der Waals surface area contributed by atoms with Crippen molar-refractivity contribution in [2.24, 2.45) is 12.0 Å². The molecule has 0 saturated heterocycles. The van der Waals surface area contributed by atoms with Gasteiger partial charge in [-0.3, -0.25) is 14.6 Å². The van der Waals surface area contributed by atoms with Crippen LogP contribution in [0.1, 0.15) is 60.7 Å². The molecular weight excluding hydrogens is 466 g/mol. The van der Waals surface area contributed by atoms with Crippen LogP contribution in [0.25, 0.3) is 0 Å². The largest absolute Gasteiger partial charge is 0.449 e. The van der Waals surface area contributed by atoms with Gasteiger partial charge in [-0.15, -0.1) is 0 Å². The molecule has 0 aliphatic carbocycles. The van der Waals surface area contributed by atoms with Crippen molar-refractivity contribution < 1.29 is 35.9 Å². The Morgan fingerprint density at radius 1 is 1.15 bits per heavy atom. The number of anilines is 1. The summed E-state index contributed by atoms with van der Waals surface area (Å²) in [6.45, 7) is 5.39. The Morgan fingerprint density at radius 3 is 2.24 bits per heavy atom. The van der Waals surface area contributed by atoms with Gasteiger partial charge in [0.1, 0.15) is 5.82 Å². The van der Waals surface area contributed by atoms with Gasteiger partial charge in [0.15, 0.2) is 0 Å². The standard InChI is InChI=1S/C22H24F6N4O2/c1-5-16-10-17(18-12(3)30-31(4)19(18)32(16)20(33)34-6-2)29-11-13-7-14(21(23,24)25)9-15(8-13)22(26,27)28/h7-9,11,16-17H,5-6,10H2,1-4H3. The number of fused-ring (bicyclic) bond motifs is 1. The van der Waals surface area contributed by atoms with E-state index in [1.54, 1.807) is 20.9 Å². The number of carbonyl (C=O) groups excluding carboxylic acids is 1. The van der Waals surface area contributed by atoms with Crippen LogP contribution >= 0.6 is 0 Å². The van der Waals surface area contributed by atoms with Gasteiger partial charge in [-0.1, -0.05) is 6.92 Å². The molecule has 1 aromatic carbocycles. The molecule has 2 unspecified atom stereocenters. The molecule has 1 aliphatic heterocycles. The summed E-state index contributed by atoms with van der Waals surface area (Å²) in [6.07, 6.45) is -8.62. The highest BCUT2D eigenvalue weighted by atomic mass is 19.4. The Labute approximate surface area is 192 Å². The van der Waals surface area contributed by atoms with E-state index in [-0.39, 0.29) is 24.3 Å². The van der Waals surface area contributed by atoms with Crippen molar-refractivity contribution in [3.63, 3.8) is 0 Å². The summed E-state index contributed by atoms with van der Waals surface area (Å²) in [7, 11) is 1.64. The first-order chi connectivity index (χ1) is 15.8. The van der Waals surface area contributed by atoms with Gasteiger partial charge in [0.05, 0.1) is 29.5 Å². The van der Waals surface area contributed by atoms with Gasteiger partial charge in [-0.25, -0.2) is 4.79 Å². The van der Waals surface area contributed by atoms with E-state index < -0.39 is 35.6 Å². The fraction of sp³-hybridized carbons (Fsp3) is 0.500. The van der Waals surface area contributed by atoms with Gasteiger partial charge in [0.25, 0.3) is 0 Å². The molecule has 2 heterocycles. The zero-order chi connectivity index (χ0) is 25.4. The molecule has 1 amide bonds. The molecule has 0 spiro atoms. The Bertz CT molecular complexity index is 1060. The summed E-state index contributed by atoms with van der Waals surface area (Å²) < 4.78 is 85.8. The molecule has 1 aromatic heterocycles. The number of nitrogens with zero attached hydrogens (tertiary/aromatic N) is 4. The molecule has 3 rings (SSSR count). The highest BCUT2D eigenvalue weighted by molar-refractivity contribution is 5.89. The molecule has 12 heteroatoms. The molecule has 0 N–H and O–H groups in total. The number of amides is 1. The normalized spacial score (nSPS) is 18.9. The van der Waals surface area contributed by atoms with E-state index in [2.05, 4.69) is 10.1 Å². The Hall–Kier alpha value is -3.05. The van der Waals surface area contributed by atoms with Crippen LogP contribution in [0.3, 0.4) is 0 Å². The third kappa shape index (κ3) is 5.05. The lowest BCUT2D eigenvalue weighted by molar-refractivity contribution is -0.143. The van der Waals surface area contributed by atoms with Crippen LogP contribution in [-0.4, -0.2) is 34.7 Å². The number of aliphatic imine (C=N–C) groups is 1. The van der Waals surface area contributed by atoms with E-state index in [4.69, 9.17) is 4.74 Å². The smallest absolute Gasteiger partial charge is 0.416 e. The number of halogens is 6. The Balaban J connectivity index is 2.07. The fourth-order valence-corrected chi connectivity index (χ4v) is 4.13. The molecule has 0 saturated carbocycles.